The average Bonchev–Trinajstić information content (AvgIpc) is 2.33. The molecule has 1 fully saturated rings. The molecule has 1 nitrogen and oxygen atoms in total. The summed E-state index contributed by atoms with van der Waals surface area (Å²) in [7, 11) is 1.36. The van der Waals surface area contributed by atoms with Gasteiger partial charge in [-0.05, 0) is 30.4 Å². The van der Waals surface area contributed by atoms with Gasteiger partial charge < -0.3 is 4.74 Å². The van der Waals surface area contributed by atoms with E-state index in [2.05, 4.69) is 0 Å². The third-order valence-electron chi connectivity index (χ3n) is 3.81. The van der Waals surface area contributed by atoms with Crippen molar-refractivity contribution in [2.24, 2.45) is 5.92 Å². The first kappa shape index (κ1) is 14.2. The smallest absolute Gasteiger partial charge is 0.248 e. The number of ether oxygens (including phenoxy) is 1. The minimum Gasteiger partial charge on any atom is -0.496 e. The van der Waals surface area contributed by atoms with E-state index < -0.39 is 29.4 Å². The van der Waals surface area contributed by atoms with Crippen LogP contribution in [0, 0.1) is 17.6 Å². The quantitative estimate of drug-likeness (QED) is 0.722. The van der Waals surface area contributed by atoms with Crippen molar-refractivity contribution in [2.75, 3.05) is 7.11 Å². The Morgan fingerprint density at radius 1 is 1.26 bits per heavy atom. The lowest BCUT2D eigenvalue weighted by Crippen LogP contribution is -2.30. The molecule has 106 valence electrons. The Labute approximate surface area is 109 Å². The Morgan fingerprint density at radius 3 is 2.53 bits per heavy atom. The second-order valence-electron chi connectivity index (χ2n) is 5.16. The van der Waals surface area contributed by atoms with E-state index in [-0.39, 0.29) is 30.6 Å². The normalized spacial score (nSPS) is 26.2. The van der Waals surface area contributed by atoms with Crippen LogP contribution in [0.5, 0.6) is 5.75 Å². The van der Waals surface area contributed by atoms with Crippen LogP contribution >= 0.6 is 0 Å². The van der Waals surface area contributed by atoms with Crippen LogP contribution in [0.1, 0.15) is 37.7 Å². The monoisotopic (exact) mass is 276 g/mol. The van der Waals surface area contributed by atoms with Gasteiger partial charge >= 0.3 is 0 Å². The summed E-state index contributed by atoms with van der Waals surface area (Å²) in [4.78, 5) is 0. The van der Waals surface area contributed by atoms with E-state index >= 15 is 0 Å². The maximum Gasteiger partial charge on any atom is 0.248 e. The fourth-order valence-corrected chi connectivity index (χ4v) is 2.87. The Hall–Kier alpha value is -1.26. The number of rotatable bonds is 2. The second kappa shape index (κ2) is 5.02. The predicted octanol–water partition coefficient (Wildman–Crippen LogP) is 4.51. The number of hydrogen-bond donors (Lipinski definition) is 0. The van der Waals surface area contributed by atoms with E-state index in [4.69, 9.17) is 4.74 Å². The Bertz CT molecular complexity index is 473. The van der Waals surface area contributed by atoms with E-state index in [1.165, 1.54) is 13.2 Å². The summed E-state index contributed by atoms with van der Waals surface area (Å²) in [6, 6.07) is 2.33. The number of hydrogen-bond acceptors (Lipinski definition) is 1. The van der Waals surface area contributed by atoms with Crippen LogP contribution < -0.4 is 4.74 Å². The average molecular weight is 276 g/mol. The highest BCUT2D eigenvalue weighted by molar-refractivity contribution is 5.39. The van der Waals surface area contributed by atoms with E-state index in [1.807, 2.05) is 0 Å². The molecular formula is C14H16F4O. The summed E-state index contributed by atoms with van der Waals surface area (Å²) in [5.74, 6) is -5.31. The number of methoxy groups -OCH3 is 1. The molecule has 1 aliphatic carbocycles. The molecule has 5 heteroatoms. The standard InChI is InChI=1S/C14H16F4O/c1-8-7-14(17,18)6-5-9(8)12-11(19-2)4-3-10(15)13(12)16/h3-4,8-9H,5-7H2,1-2H3. The van der Waals surface area contributed by atoms with Crippen LogP contribution in [0.15, 0.2) is 12.1 Å². The lowest BCUT2D eigenvalue weighted by Gasteiger charge is -2.35. The molecule has 1 saturated carbocycles. The van der Waals surface area contributed by atoms with Crippen LogP contribution in [0.3, 0.4) is 0 Å². The molecule has 0 heterocycles. The van der Waals surface area contributed by atoms with Crippen molar-refractivity contribution < 1.29 is 22.3 Å². The van der Waals surface area contributed by atoms with Crippen molar-refractivity contribution in [1.82, 2.24) is 0 Å². The van der Waals surface area contributed by atoms with Gasteiger partial charge in [-0.15, -0.1) is 0 Å². The van der Waals surface area contributed by atoms with E-state index in [0.29, 0.717) is 0 Å². The van der Waals surface area contributed by atoms with Crippen LogP contribution in [-0.4, -0.2) is 13.0 Å². The van der Waals surface area contributed by atoms with Crippen molar-refractivity contribution >= 4 is 0 Å². The first-order valence-corrected chi connectivity index (χ1v) is 6.25. The maximum atomic E-state index is 14.0. The summed E-state index contributed by atoms with van der Waals surface area (Å²) >= 11 is 0. The van der Waals surface area contributed by atoms with Crippen LogP contribution in [0.4, 0.5) is 17.6 Å². The second-order valence-corrected chi connectivity index (χ2v) is 5.16. The van der Waals surface area contributed by atoms with Gasteiger partial charge in [0.25, 0.3) is 0 Å². The van der Waals surface area contributed by atoms with Gasteiger partial charge in [0.1, 0.15) is 5.75 Å². The molecule has 0 spiro atoms. The molecule has 0 bridgehead atoms. The number of halogens is 4. The minimum atomic E-state index is -2.72. The minimum absolute atomic E-state index is 0.0884. The van der Waals surface area contributed by atoms with Gasteiger partial charge in [0.05, 0.1) is 7.11 Å². The molecule has 0 aromatic heterocycles. The van der Waals surface area contributed by atoms with Crippen molar-refractivity contribution in [1.29, 1.82) is 0 Å². The molecule has 1 aromatic carbocycles. The van der Waals surface area contributed by atoms with Gasteiger partial charge in [0.2, 0.25) is 5.92 Å². The van der Waals surface area contributed by atoms with Crippen molar-refractivity contribution in [3.63, 3.8) is 0 Å². The number of benzene rings is 1. The summed E-state index contributed by atoms with van der Waals surface area (Å²) in [6.07, 6.45) is -0.483. The lowest BCUT2D eigenvalue weighted by molar-refractivity contribution is -0.0560. The van der Waals surface area contributed by atoms with E-state index in [0.717, 1.165) is 6.07 Å². The topological polar surface area (TPSA) is 9.23 Å². The third kappa shape index (κ3) is 2.69. The van der Waals surface area contributed by atoms with Crippen LogP contribution in [0.25, 0.3) is 0 Å². The molecule has 1 aromatic rings. The maximum absolute atomic E-state index is 14.0. The van der Waals surface area contributed by atoms with Crippen LogP contribution in [-0.2, 0) is 0 Å². The fraction of sp³-hybridized carbons (Fsp3) is 0.571. The molecule has 0 aliphatic heterocycles. The Morgan fingerprint density at radius 2 is 1.95 bits per heavy atom. The Kier molecular flexibility index (Phi) is 3.74. The van der Waals surface area contributed by atoms with Gasteiger partial charge in [-0.3, -0.25) is 0 Å². The van der Waals surface area contributed by atoms with Gasteiger partial charge in [0, 0.05) is 18.4 Å². The van der Waals surface area contributed by atoms with Gasteiger partial charge in [0.15, 0.2) is 11.6 Å². The molecule has 0 radical (unpaired) electrons. The highest BCUT2D eigenvalue weighted by atomic mass is 19.3. The van der Waals surface area contributed by atoms with Crippen molar-refractivity contribution in [3.05, 3.63) is 29.3 Å². The number of alkyl halides is 2. The molecule has 0 saturated heterocycles. The SMILES string of the molecule is COc1ccc(F)c(F)c1C1CCC(F)(F)CC1C. The molecule has 2 atom stereocenters. The van der Waals surface area contributed by atoms with E-state index in [9.17, 15) is 17.6 Å². The molecular weight excluding hydrogens is 260 g/mol. The molecule has 1 aliphatic rings. The molecule has 19 heavy (non-hydrogen) atoms. The molecule has 0 N–H and O–H groups in total. The lowest BCUT2D eigenvalue weighted by atomic mass is 9.74. The van der Waals surface area contributed by atoms with Crippen molar-refractivity contribution in [3.8, 4) is 5.75 Å². The summed E-state index contributed by atoms with van der Waals surface area (Å²) < 4.78 is 59.0. The summed E-state index contributed by atoms with van der Waals surface area (Å²) in [5, 5.41) is 0. The third-order valence-corrected chi connectivity index (χ3v) is 3.81. The first-order valence-electron chi connectivity index (χ1n) is 6.25. The predicted molar refractivity (Wildman–Crippen MR) is 63.6 cm³/mol. The Balaban J connectivity index is 2.39. The van der Waals surface area contributed by atoms with Crippen molar-refractivity contribution in [2.45, 2.75) is 38.0 Å². The zero-order valence-electron chi connectivity index (χ0n) is 10.9. The largest absolute Gasteiger partial charge is 0.496 e. The molecule has 2 rings (SSSR count). The zero-order chi connectivity index (χ0) is 14.2. The zero-order valence-corrected chi connectivity index (χ0v) is 10.9. The first-order chi connectivity index (χ1) is 8.85. The molecule has 0 amide bonds. The molecule has 2 unspecified atom stereocenters. The van der Waals surface area contributed by atoms with E-state index in [1.54, 1.807) is 6.92 Å². The highest BCUT2D eigenvalue weighted by Gasteiger charge is 2.41. The summed E-state index contributed by atoms with van der Waals surface area (Å²) in [6.45, 7) is 1.64. The van der Waals surface area contributed by atoms with Gasteiger partial charge in [-0.2, -0.15) is 0 Å². The fourth-order valence-electron chi connectivity index (χ4n) is 2.87. The van der Waals surface area contributed by atoms with Gasteiger partial charge in [-0.25, -0.2) is 17.6 Å². The highest BCUT2D eigenvalue weighted by Crippen LogP contribution is 2.47. The van der Waals surface area contributed by atoms with Crippen LogP contribution in [0.2, 0.25) is 0 Å². The van der Waals surface area contributed by atoms with Gasteiger partial charge in [-0.1, -0.05) is 6.92 Å². The summed E-state index contributed by atoms with van der Waals surface area (Å²) in [5.41, 5.74) is 0.0884.